The molecule has 1 amide bonds. The van der Waals surface area contributed by atoms with Crippen LogP contribution in [-0.4, -0.2) is 66.1 Å². The molecule has 1 N–H and O–H groups in total. The summed E-state index contributed by atoms with van der Waals surface area (Å²) in [6, 6.07) is 0.0739. The molecule has 0 aromatic rings. The highest BCUT2D eigenvalue weighted by Gasteiger charge is 2.40. The van der Waals surface area contributed by atoms with Gasteiger partial charge in [-0.25, -0.2) is 0 Å². The van der Waals surface area contributed by atoms with Crippen molar-refractivity contribution in [2.75, 3.05) is 26.7 Å². The van der Waals surface area contributed by atoms with Crippen molar-refractivity contribution in [3.8, 4) is 0 Å². The number of alkyl halides is 3. The molecule has 1 aliphatic rings. The molecule has 23 heavy (non-hydrogen) atoms. The van der Waals surface area contributed by atoms with Crippen LogP contribution >= 0.6 is 24.0 Å². The summed E-state index contributed by atoms with van der Waals surface area (Å²) in [5.74, 6) is 0.277. The molecular formula is C14H26F3IN4O. The van der Waals surface area contributed by atoms with Gasteiger partial charge < -0.3 is 15.1 Å². The number of halogens is 4. The number of guanidine groups is 1. The fraction of sp³-hybridized carbons (Fsp3) is 0.857. The molecule has 9 heteroatoms. The standard InChI is InChI=1S/C14H25F3N4O.HI/c1-10(2)21-11(22)8-20(9-13(21,3)4)12(18-5)19-7-6-14(15,16)17;/h10H,6-9H2,1-5H3,(H,18,19);1H. The molecule has 5 nitrogen and oxygen atoms in total. The summed E-state index contributed by atoms with van der Waals surface area (Å²) in [7, 11) is 1.50. The zero-order valence-electron chi connectivity index (χ0n) is 14.2. The second kappa shape index (κ2) is 8.39. The lowest BCUT2D eigenvalue weighted by molar-refractivity contribution is -0.145. The maximum atomic E-state index is 12.3. The minimum atomic E-state index is -4.21. The van der Waals surface area contributed by atoms with Gasteiger partial charge in [-0.15, -0.1) is 24.0 Å². The van der Waals surface area contributed by atoms with Gasteiger partial charge in [0.15, 0.2) is 5.96 Å². The third-order valence-electron chi connectivity index (χ3n) is 3.54. The van der Waals surface area contributed by atoms with Crippen molar-refractivity contribution < 1.29 is 18.0 Å². The van der Waals surface area contributed by atoms with Gasteiger partial charge in [-0.05, 0) is 27.7 Å². The van der Waals surface area contributed by atoms with Crippen LogP contribution in [0.5, 0.6) is 0 Å². The predicted octanol–water partition coefficient (Wildman–Crippen LogP) is 2.46. The van der Waals surface area contributed by atoms with Crippen LogP contribution in [0, 0.1) is 0 Å². The van der Waals surface area contributed by atoms with E-state index in [1.54, 1.807) is 4.90 Å². The monoisotopic (exact) mass is 450 g/mol. The van der Waals surface area contributed by atoms with Crippen LogP contribution < -0.4 is 5.32 Å². The molecule has 0 aromatic carbocycles. The number of carbonyl (C=O) groups excluding carboxylic acids is 1. The van der Waals surface area contributed by atoms with Gasteiger partial charge in [-0.1, -0.05) is 0 Å². The van der Waals surface area contributed by atoms with Crippen molar-refractivity contribution in [3.63, 3.8) is 0 Å². The van der Waals surface area contributed by atoms with Gasteiger partial charge in [0.2, 0.25) is 5.91 Å². The highest BCUT2D eigenvalue weighted by Crippen LogP contribution is 2.24. The van der Waals surface area contributed by atoms with Crippen LogP contribution in [0.15, 0.2) is 4.99 Å². The summed E-state index contributed by atoms with van der Waals surface area (Å²) in [4.78, 5) is 19.8. The highest BCUT2D eigenvalue weighted by atomic mass is 127. The molecule has 1 rings (SSSR count). The van der Waals surface area contributed by atoms with E-state index in [0.717, 1.165) is 0 Å². The Labute approximate surface area is 152 Å². The molecule has 0 aliphatic carbocycles. The van der Waals surface area contributed by atoms with Crippen molar-refractivity contribution in [1.29, 1.82) is 0 Å². The lowest BCUT2D eigenvalue weighted by Crippen LogP contribution is -2.66. The molecular weight excluding hydrogens is 424 g/mol. The topological polar surface area (TPSA) is 47.9 Å². The number of amides is 1. The van der Waals surface area contributed by atoms with Gasteiger partial charge in [0.25, 0.3) is 0 Å². The van der Waals surface area contributed by atoms with E-state index in [0.29, 0.717) is 12.5 Å². The molecule has 0 aromatic heterocycles. The van der Waals surface area contributed by atoms with Gasteiger partial charge in [0.1, 0.15) is 0 Å². The van der Waals surface area contributed by atoms with Crippen molar-refractivity contribution in [2.24, 2.45) is 4.99 Å². The Bertz CT molecular complexity index is 438. The van der Waals surface area contributed by atoms with Gasteiger partial charge in [-0.3, -0.25) is 9.79 Å². The number of nitrogens with one attached hydrogen (secondary N) is 1. The smallest absolute Gasteiger partial charge is 0.356 e. The van der Waals surface area contributed by atoms with Gasteiger partial charge >= 0.3 is 6.18 Å². The molecule has 1 saturated heterocycles. The Hall–Kier alpha value is -0.740. The second-order valence-electron chi connectivity index (χ2n) is 6.37. The number of nitrogens with zero attached hydrogens (tertiary/aromatic N) is 3. The number of rotatable bonds is 3. The highest BCUT2D eigenvalue weighted by molar-refractivity contribution is 14.0. The van der Waals surface area contributed by atoms with Crippen LogP contribution in [0.3, 0.4) is 0 Å². The molecule has 1 aliphatic heterocycles. The van der Waals surface area contributed by atoms with E-state index in [4.69, 9.17) is 0 Å². The predicted molar refractivity (Wildman–Crippen MR) is 95.1 cm³/mol. The third-order valence-corrected chi connectivity index (χ3v) is 3.54. The molecule has 0 atom stereocenters. The Balaban J connectivity index is 0.00000484. The van der Waals surface area contributed by atoms with Crippen LogP contribution in [0.4, 0.5) is 13.2 Å². The number of aliphatic imine (C=N–C) groups is 1. The normalized spacial score (nSPS) is 19.0. The first-order chi connectivity index (χ1) is 9.98. The van der Waals surface area contributed by atoms with E-state index < -0.39 is 18.1 Å². The van der Waals surface area contributed by atoms with Gasteiger partial charge in [0, 0.05) is 26.2 Å². The maximum Gasteiger partial charge on any atom is 0.390 e. The van der Waals surface area contributed by atoms with E-state index in [9.17, 15) is 18.0 Å². The summed E-state index contributed by atoms with van der Waals surface area (Å²) in [5, 5.41) is 2.68. The minimum Gasteiger partial charge on any atom is -0.356 e. The van der Waals surface area contributed by atoms with Gasteiger partial charge in [-0.2, -0.15) is 13.2 Å². The molecule has 0 radical (unpaired) electrons. The van der Waals surface area contributed by atoms with Gasteiger partial charge in [0.05, 0.1) is 18.5 Å². The van der Waals surface area contributed by atoms with E-state index in [-0.39, 0.29) is 49.0 Å². The molecule has 0 spiro atoms. The number of piperazine rings is 1. The maximum absolute atomic E-state index is 12.3. The Morgan fingerprint density at radius 2 is 1.96 bits per heavy atom. The third kappa shape index (κ3) is 6.34. The van der Waals surface area contributed by atoms with Crippen molar-refractivity contribution in [1.82, 2.24) is 15.1 Å². The minimum absolute atomic E-state index is 0. The zero-order valence-corrected chi connectivity index (χ0v) is 16.5. The number of hydrogen-bond donors (Lipinski definition) is 1. The molecule has 0 bridgehead atoms. The molecule has 0 unspecified atom stereocenters. The summed E-state index contributed by atoms with van der Waals surface area (Å²) in [6.45, 7) is 8.17. The second-order valence-corrected chi connectivity index (χ2v) is 6.37. The first-order valence-electron chi connectivity index (χ1n) is 7.32. The first-order valence-corrected chi connectivity index (χ1v) is 7.32. The molecule has 1 heterocycles. The lowest BCUT2D eigenvalue weighted by atomic mass is 9.96. The lowest BCUT2D eigenvalue weighted by Gasteiger charge is -2.49. The SMILES string of the molecule is CN=C(NCCC(F)(F)F)N1CC(=O)N(C(C)C)C(C)(C)C1.I. The van der Waals surface area contributed by atoms with E-state index in [2.05, 4.69) is 10.3 Å². The van der Waals surface area contributed by atoms with Crippen molar-refractivity contribution in [2.45, 2.75) is 51.9 Å². The van der Waals surface area contributed by atoms with E-state index in [1.165, 1.54) is 7.05 Å². The van der Waals surface area contributed by atoms with Crippen LogP contribution in [0.1, 0.15) is 34.1 Å². The Morgan fingerprint density at radius 1 is 1.39 bits per heavy atom. The quantitative estimate of drug-likeness (QED) is 0.409. The first kappa shape index (κ1) is 22.3. The summed E-state index contributed by atoms with van der Waals surface area (Å²) in [5.41, 5.74) is -0.412. The van der Waals surface area contributed by atoms with Crippen LogP contribution in [0.25, 0.3) is 0 Å². The largest absolute Gasteiger partial charge is 0.390 e. The van der Waals surface area contributed by atoms with E-state index >= 15 is 0 Å². The molecule has 0 saturated carbocycles. The zero-order chi connectivity index (χ0) is 17.1. The average molecular weight is 450 g/mol. The number of hydrogen-bond acceptors (Lipinski definition) is 2. The summed E-state index contributed by atoms with van der Waals surface area (Å²) < 4.78 is 36.7. The Morgan fingerprint density at radius 3 is 2.35 bits per heavy atom. The van der Waals surface area contributed by atoms with Crippen molar-refractivity contribution >= 4 is 35.8 Å². The summed E-state index contributed by atoms with van der Waals surface area (Å²) >= 11 is 0. The Kier molecular flexibility index (Phi) is 8.12. The molecule has 136 valence electrons. The molecule has 1 fully saturated rings. The fourth-order valence-corrected chi connectivity index (χ4v) is 2.96. The van der Waals surface area contributed by atoms with Crippen LogP contribution in [0.2, 0.25) is 0 Å². The van der Waals surface area contributed by atoms with E-state index in [1.807, 2.05) is 32.6 Å². The van der Waals surface area contributed by atoms with Crippen molar-refractivity contribution in [3.05, 3.63) is 0 Å². The average Bonchev–Trinajstić information content (AvgIpc) is 2.30. The summed E-state index contributed by atoms with van der Waals surface area (Å²) in [6.07, 6.45) is -5.15. The van der Waals surface area contributed by atoms with Crippen LogP contribution in [-0.2, 0) is 4.79 Å². The number of carbonyl (C=O) groups is 1. The fourth-order valence-electron chi connectivity index (χ4n) is 2.96.